The molecule has 4 N–H and O–H groups in total. The highest BCUT2D eigenvalue weighted by Crippen LogP contribution is 2.36. The number of aromatic nitrogens is 1. The molecule has 0 aromatic carbocycles. The molecule has 1 aromatic rings. The molecule has 4 nitrogen and oxygen atoms in total. The zero-order valence-corrected chi connectivity index (χ0v) is 12.2. The van der Waals surface area contributed by atoms with Crippen LogP contribution in [0.15, 0.2) is 16.7 Å². The zero-order valence-electron chi connectivity index (χ0n) is 10.6. The Morgan fingerprint density at radius 2 is 2.44 bits per heavy atom. The van der Waals surface area contributed by atoms with Crippen molar-refractivity contribution >= 4 is 27.4 Å². The summed E-state index contributed by atoms with van der Waals surface area (Å²) < 4.78 is 0.841. The quantitative estimate of drug-likeness (QED) is 0.802. The predicted octanol–water partition coefficient (Wildman–Crippen LogP) is 2.78. The number of nitrogen functional groups attached to an aromatic ring is 1. The summed E-state index contributed by atoms with van der Waals surface area (Å²) in [4.78, 5) is 4.30. The van der Waals surface area contributed by atoms with Gasteiger partial charge in [0.25, 0.3) is 0 Å². The first-order valence-electron chi connectivity index (χ1n) is 6.35. The average molecular weight is 314 g/mol. The van der Waals surface area contributed by atoms with E-state index in [1.54, 1.807) is 6.20 Å². The van der Waals surface area contributed by atoms with Crippen molar-refractivity contribution in [3.63, 3.8) is 0 Å². The van der Waals surface area contributed by atoms with Crippen LogP contribution in [0.25, 0.3) is 0 Å². The van der Waals surface area contributed by atoms with E-state index in [1.807, 2.05) is 6.07 Å². The summed E-state index contributed by atoms with van der Waals surface area (Å²) >= 11 is 3.46. The molecule has 2 atom stereocenters. The van der Waals surface area contributed by atoms with Crippen molar-refractivity contribution in [3.8, 4) is 0 Å². The number of rotatable bonds is 3. The number of halogens is 1. The molecule has 1 aromatic heterocycles. The summed E-state index contributed by atoms with van der Waals surface area (Å²) in [6, 6.07) is 1.83. The molecule has 100 valence electrons. The lowest BCUT2D eigenvalue weighted by molar-refractivity contribution is 0.149. The number of hydrogen-bond donors (Lipinski definition) is 3. The second-order valence-electron chi connectivity index (χ2n) is 5.36. The molecule has 0 saturated heterocycles. The van der Waals surface area contributed by atoms with Gasteiger partial charge in [-0.2, -0.15) is 0 Å². The molecular formula is C13H20BrN3O. The average Bonchev–Trinajstić information content (AvgIpc) is 2.33. The van der Waals surface area contributed by atoms with Crippen LogP contribution in [0.2, 0.25) is 0 Å². The van der Waals surface area contributed by atoms with Crippen LogP contribution in [0.3, 0.4) is 0 Å². The fourth-order valence-corrected chi connectivity index (χ4v) is 3.22. The largest absolute Gasteiger partial charge is 0.397 e. The molecule has 5 heteroatoms. The van der Waals surface area contributed by atoms with Gasteiger partial charge in [-0.05, 0) is 40.8 Å². The van der Waals surface area contributed by atoms with Gasteiger partial charge < -0.3 is 16.2 Å². The number of aliphatic hydroxyl groups is 1. The smallest absolute Gasteiger partial charge is 0.140 e. The molecule has 2 unspecified atom stereocenters. The summed E-state index contributed by atoms with van der Waals surface area (Å²) in [5, 5.41) is 13.1. The highest BCUT2D eigenvalue weighted by atomic mass is 79.9. The maximum Gasteiger partial charge on any atom is 0.140 e. The Hall–Kier alpha value is -0.810. The van der Waals surface area contributed by atoms with E-state index in [9.17, 15) is 5.11 Å². The van der Waals surface area contributed by atoms with E-state index < -0.39 is 0 Å². The van der Waals surface area contributed by atoms with E-state index in [0.29, 0.717) is 11.6 Å². The first kappa shape index (κ1) is 13.6. The molecule has 2 rings (SSSR count). The van der Waals surface area contributed by atoms with E-state index in [1.165, 1.54) is 6.42 Å². The molecule has 0 bridgehead atoms. The standard InChI is InChI=1S/C13H20BrN3O/c1-9-3-2-4-13(6-9,8-18)17-12-11(14)5-10(15)7-16-12/h5,7,9,18H,2-4,6,8,15H2,1H3,(H,16,17). The van der Waals surface area contributed by atoms with Gasteiger partial charge in [-0.15, -0.1) is 0 Å². The van der Waals surface area contributed by atoms with Crippen LogP contribution in [0, 0.1) is 5.92 Å². The van der Waals surface area contributed by atoms with E-state index in [4.69, 9.17) is 5.73 Å². The van der Waals surface area contributed by atoms with Crippen LogP contribution >= 0.6 is 15.9 Å². The molecule has 0 aliphatic heterocycles. The summed E-state index contributed by atoms with van der Waals surface area (Å²) in [6.45, 7) is 2.37. The Labute approximate surface area is 116 Å². The van der Waals surface area contributed by atoms with Crippen LogP contribution in [0.5, 0.6) is 0 Å². The Balaban J connectivity index is 2.19. The maximum atomic E-state index is 9.74. The number of pyridine rings is 1. The van der Waals surface area contributed by atoms with Crippen LogP contribution in [-0.2, 0) is 0 Å². The zero-order chi connectivity index (χ0) is 13.2. The van der Waals surface area contributed by atoms with Crippen LogP contribution < -0.4 is 11.1 Å². The van der Waals surface area contributed by atoms with Gasteiger partial charge in [-0.25, -0.2) is 4.98 Å². The lowest BCUT2D eigenvalue weighted by Gasteiger charge is -2.40. The molecule has 1 aliphatic rings. The first-order chi connectivity index (χ1) is 8.54. The van der Waals surface area contributed by atoms with Crippen molar-refractivity contribution in [2.24, 2.45) is 5.92 Å². The van der Waals surface area contributed by atoms with Crippen LogP contribution in [-0.4, -0.2) is 22.2 Å². The Morgan fingerprint density at radius 1 is 1.67 bits per heavy atom. The minimum Gasteiger partial charge on any atom is -0.397 e. The van der Waals surface area contributed by atoms with Crippen molar-refractivity contribution in [2.45, 2.75) is 38.1 Å². The van der Waals surface area contributed by atoms with Crippen molar-refractivity contribution < 1.29 is 5.11 Å². The number of aliphatic hydroxyl groups excluding tert-OH is 1. The minimum absolute atomic E-state index is 0.135. The molecule has 0 amide bonds. The minimum atomic E-state index is -0.247. The predicted molar refractivity (Wildman–Crippen MR) is 77.4 cm³/mol. The normalized spacial score (nSPS) is 28.1. The third kappa shape index (κ3) is 2.95. The molecule has 1 fully saturated rings. The van der Waals surface area contributed by atoms with Gasteiger partial charge in [0.15, 0.2) is 0 Å². The SMILES string of the molecule is CC1CCCC(CO)(Nc2ncc(N)cc2Br)C1. The second kappa shape index (κ2) is 5.45. The lowest BCUT2D eigenvalue weighted by atomic mass is 9.77. The van der Waals surface area contributed by atoms with Gasteiger partial charge in [0.1, 0.15) is 5.82 Å². The topological polar surface area (TPSA) is 71.2 Å². The highest BCUT2D eigenvalue weighted by molar-refractivity contribution is 9.10. The molecule has 0 spiro atoms. The summed E-state index contributed by atoms with van der Waals surface area (Å²) in [5.74, 6) is 1.39. The monoisotopic (exact) mass is 313 g/mol. The molecular weight excluding hydrogens is 294 g/mol. The molecule has 1 aliphatic carbocycles. The summed E-state index contributed by atoms with van der Waals surface area (Å²) in [5.41, 5.74) is 6.06. The molecule has 1 heterocycles. The van der Waals surface area contributed by atoms with Gasteiger partial charge in [0.2, 0.25) is 0 Å². The van der Waals surface area contributed by atoms with E-state index in [2.05, 4.69) is 33.2 Å². The van der Waals surface area contributed by atoms with Gasteiger partial charge in [-0.1, -0.05) is 19.8 Å². The van der Waals surface area contributed by atoms with E-state index >= 15 is 0 Å². The van der Waals surface area contributed by atoms with Gasteiger partial charge in [-0.3, -0.25) is 0 Å². The number of nitrogens with two attached hydrogens (primary N) is 1. The second-order valence-corrected chi connectivity index (χ2v) is 6.22. The number of nitrogens with zero attached hydrogens (tertiary/aromatic N) is 1. The fourth-order valence-electron chi connectivity index (χ4n) is 2.75. The van der Waals surface area contributed by atoms with Crippen molar-refractivity contribution in [1.29, 1.82) is 0 Å². The van der Waals surface area contributed by atoms with Gasteiger partial charge >= 0.3 is 0 Å². The van der Waals surface area contributed by atoms with Gasteiger partial charge in [0, 0.05) is 0 Å². The summed E-state index contributed by atoms with van der Waals surface area (Å²) in [6.07, 6.45) is 5.96. The molecule has 1 saturated carbocycles. The highest BCUT2D eigenvalue weighted by Gasteiger charge is 2.35. The van der Waals surface area contributed by atoms with Crippen molar-refractivity contribution in [1.82, 2.24) is 4.98 Å². The fraction of sp³-hybridized carbons (Fsp3) is 0.615. The maximum absolute atomic E-state index is 9.74. The lowest BCUT2D eigenvalue weighted by Crippen LogP contribution is -2.46. The third-order valence-corrected chi connectivity index (χ3v) is 4.24. The van der Waals surface area contributed by atoms with E-state index in [0.717, 1.165) is 29.6 Å². The van der Waals surface area contributed by atoms with Crippen LogP contribution in [0.1, 0.15) is 32.6 Å². The summed E-state index contributed by atoms with van der Waals surface area (Å²) in [7, 11) is 0. The third-order valence-electron chi connectivity index (χ3n) is 3.64. The van der Waals surface area contributed by atoms with Crippen molar-refractivity contribution in [2.75, 3.05) is 17.7 Å². The van der Waals surface area contributed by atoms with Gasteiger partial charge in [0.05, 0.1) is 28.5 Å². The Bertz CT molecular complexity index is 427. The number of hydrogen-bond acceptors (Lipinski definition) is 4. The number of anilines is 2. The molecule has 18 heavy (non-hydrogen) atoms. The van der Waals surface area contributed by atoms with Crippen LogP contribution in [0.4, 0.5) is 11.5 Å². The Kier molecular flexibility index (Phi) is 4.12. The molecule has 0 radical (unpaired) electrons. The van der Waals surface area contributed by atoms with E-state index in [-0.39, 0.29) is 12.1 Å². The Morgan fingerprint density at radius 3 is 3.06 bits per heavy atom. The van der Waals surface area contributed by atoms with Crippen molar-refractivity contribution in [3.05, 3.63) is 16.7 Å². The number of nitrogens with one attached hydrogen (secondary N) is 1. The first-order valence-corrected chi connectivity index (χ1v) is 7.14.